The maximum atomic E-state index is 2.40. The highest BCUT2D eigenvalue weighted by Crippen LogP contribution is 2.30. The Morgan fingerprint density at radius 3 is 1.79 bits per heavy atom. The summed E-state index contributed by atoms with van der Waals surface area (Å²) < 4.78 is 1.10. The van der Waals surface area contributed by atoms with Crippen molar-refractivity contribution in [2.75, 3.05) is 48.3 Å². The van der Waals surface area contributed by atoms with Gasteiger partial charge in [0, 0.05) is 0 Å². The van der Waals surface area contributed by atoms with Crippen LogP contribution < -0.4 is 0 Å². The normalized spacial score (nSPS) is 15.5. The molecule has 0 aliphatic rings. The lowest BCUT2D eigenvalue weighted by Gasteiger charge is -2.30. The summed E-state index contributed by atoms with van der Waals surface area (Å²) in [6, 6.07) is 0. The third-order valence-electron chi connectivity index (χ3n) is 5.05. The van der Waals surface area contributed by atoms with Crippen LogP contribution in [0.25, 0.3) is 0 Å². The van der Waals surface area contributed by atoms with Crippen LogP contribution in [0.2, 0.25) is 0 Å². The lowest BCUT2D eigenvalue weighted by Crippen LogP contribution is -2.36. The molecule has 146 valence electrons. The molecule has 0 aliphatic heterocycles. The molecule has 0 fully saturated rings. The smallest absolute Gasteiger partial charge is 0.0783 e. The van der Waals surface area contributed by atoms with Crippen LogP contribution in [0.1, 0.15) is 72.6 Å². The Kier molecular flexibility index (Phi) is 12.3. The summed E-state index contributed by atoms with van der Waals surface area (Å²) in [6.45, 7) is 12.1. The van der Waals surface area contributed by atoms with Crippen LogP contribution in [0.3, 0.4) is 0 Å². The van der Waals surface area contributed by atoms with Gasteiger partial charge in [0.2, 0.25) is 0 Å². The van der Waals surface area contributed by atoms with Gasteiger partial charge in [0.15, 0.2) is 0 Å². The highest BCUT2D eigenvalue weighted by Gasteiger charge is 2.20. The first kappa shape index (κ1) is 23.9. The molecule has 0 saturated heterocycles. The molecule has 0 N–H and O–H groups in total. The van der Waals surface area contributed by atoms with Crippen molar-refractivity contribution in [3.63, 3.8) is 0 Å². The van der Waals surface area contributed by atoms with Gasteiger partial charge in [0.1, 0.15) is 0 Å². The summed E-state index contributed by atoms with van der Waals surface area (Å²) in [5.74, 6) is 3.52. The number of quaternary nitrogens is 1. The van der Waals surface area contributed by atoms with E-state index in [4.69, 9.17) is 0 Å². The molecule has 0 aromatic rings. The van der Waals surface area contributed by atoms with Crippen molar-refractivity contribution >= 4 is 0 Å². The second kappa shape index (κ2) is 12.3. The molecule has 2 heteroatoms. The van der Waals surface area contributed by atoms with Gasteiger partial charge in [-0.15, -0.1) is 0 Å². The van der Waals surface area contributed by atoms with Crippen LogP contribution in [-0.4, -0.2) is 57.7 Å². The van der Waals surface area contributed by atoms with Crippen molar-refractivity contribution < 1.29 is 4.48 Å². The second-order valence-corrected chi connectivity index (χ2v) is 10.3. The van der Waals surface area contributed by atoms with Crippen LogP contribution in [0.5, 0.6) is 0 Å². The number of rotatable bonds is 14. The first-order chi connectivity index (χ1) is 11.0. The Morgan fingerprint density at radius 1 is 0.708 bits per heavy atom. The van der Waals surface area contributed by atoms with Gasteiger partial charge in [-0.1, -0.05) is 40.5 Å². The molecule has 2 atom stereocenters. The van der Waals surface area contributed by atoms with Crippen LogP contribution in [0.15, 0.2) is 0 Å². The molecule has 0 bridgehead atoms. The summed E-state index contributed by atoms with van der Waals surface area (Å²) in [4.78, 5) is 2.34. The van der Waals surface area contributed by atoms with Crippen molar-refractivity contribution in [2.45, 2.75) is 72.6 Å². The SMILES string of the molecule is CC(C)CCC(CCCN(C)C)CC(CC[N+](C)(C)C)CC(C)C. The molecule has 0 aliphatic carbocycles. The minimum atomic E-state index is 0.829. The van der Waals surface area contributed by atoms with Gasteiger partial charge >= 0.3 is 0 Å². The van der Waals surface area contributed by atoms with E-state index in [9.17, 15) is 0 Å². The number of hydrogen-bond donors (Lipinski definition) is 0. The Labute approximate surface area is 154 Å². The highest BCUT2D eigenvalue weighted by molar-refractivity contribution is 4.70. The van der Waals surface area contributed by atoms with Gasteiger partial charge < -0.3 is 9.38 Å². The summed E-state index contributed by atoms with van der Waals surface area (Å²) in [5.41, 5.74) is 0. The van der Waals surface area contributed by atoms with Gasteiger partial charge in [-0.2, -0.15) is 0 Å². The molecule has 0 heterocycles. The largest absolute Gasteiger partial charge is 0.331 e. The van der Waals surface area contributed by atoms with Crippen LogP contribution >= 0.6 is 0 Å². The Hall–Kier alpha value is -0.0800. The number of hydrogen-bond acceptors (Lipinski definition) is 1. The molecule has 0 radical (unpaired) electrons. The van der Waals surface area contributed by atoms with Gasteiger partial charge in [-0.05, 0) is 76.4 Å². The predicted molar refractivity (Wildman–Crippen MR) is 110 cm³/mol. The van der Waals surface area contributed by atoms with Crippen molar-refractivity contribution in [1.82, 2.24) is 4.90 Å². The zero-order chi connectivity index (χ0) is 18.8. The molecular formula is C22H49N2+. The maximum absolute atomic E-state index is 2.40. The molecule has 2 nitrogen and oxygen atoms in total. The fourth-order valence-corrected chi connectivity index (χ4v) is 3.69. The van der Waals surface area contributed by atoms with Crippen molar-refractivity contribution in [3.8, 4) is 0 Å². The summed E-state index contributed by atoms with van der Waals surface area (Å²) in [5, 5.41) is 0. The van der Waals surface area contributed by atoms with Crippen molar-refractivity contribution in [1.29, 1.82) is 0 Å². The lowest BCUT2D eigenvalue weighted by atomic mass is 9.81. The zero-order valence-electron chi connectivity index (χ0n) is 18.6. The average Bonchev–Trinajstić information content (AvgIpc) is 2.39. The zero-order valence-corrected chi connectivity index (χ0v) is 18.6. The summed E-state index contributed by atoms with van der Waals surface area (Å²) >= 11 is 0. The van der Waals surface area contributed by atoms with E-state index in [1.165, 1.54) is 58.0 Å². The average molecular weight is 342 g/mol. The molecule has 0 saturated carbocycles. The molecule has 2 unspecified atom stereocenters. The third kappa shape index (κ3) is 15.4. The van der Waals surface area contributed by atoms with E-state index in [1.54, 1.807) is 0 Å². The van der Waals surface area contributed by atoms with Crippen molar-refractivity contribution in [3.05, 3.63) is 0 Å². The molecule has 0 amide bonds. The minimum Gasteiger partial charge on any atom is -0.331 e. The fourth-order valence-electron chi connectivity index (χ4n) is 3.69. The molecule has 0 aromatic heterocycles. The number of nitrogens with zero attached hydrogens (tertiary/aromatic N) is 2. The van der Waals surface area contributed by atoms with Crippen LogP contribution in [0.4, 0.5) is 0 Å². The standard InChI is InChI=1S/C22H49N2/c1-19(2)12-13-21(11-10-15-23(5)6)18-22(17-20(3)4)14-16-24(7,8)9/h19-22H,10-18H2,1-9H3/q+1. The van der Waals surface area contributed by atoms with E-state index in [1.807, 2.05) is 0 Å². The Balaban J connectivity index is 4.64. The molecular weight excluding hydrogens is 292 g/mol. The van der Waals surface area contributed by atoms with Gasteiger partial charge in [-0.25, -0.2) is 0 Å². The highest BCUT2D eigenvalue weighted by atomic mass is 15.3. The minimum absolute atomic E-state index is 0.829. The molecule has 24 heavy (non-hydrogen) atoms. The van der Waals surface area contributed by atoms with E-state index in [0.29, 0.717) is 0 Å². The molecule has 0 spiro atoms. The van der Waals surface area contributed by atoms with Crippen LogP contribution in [0, 0.1) is 23.7 Å². The predicted octanol–water partition coefficient (Wildman–Crippen LogP) is 5.53. The van der Waals surface area contributed by atoms with Crippen molar-refractivity contribution in [2.24, 2.45) is 23.7 Å². The van der Waals surface area contributed by atoms with E-state index in [0.717, 1.165) is 28.2 Å². The quantitative estimate of drug-likeness (QED) is 0.375. The molecule has 0 rings (SSSR count). The first-order valence-electron chi connectivity index (χ1n) is 10.4. The lowest BCUT2D eigenvalue weighted by molar-refractivity contribution is -0.871. The van der Waals surface area contributed by atoms with Crippen LogP contribution in [-0.2, 0) is 0 Å². The van der Waals surface area contributed by atoms with Gasteiger partial charge in [-0.3, -0.25) is 0 Å². The Morgan fingerprint density at radius 2 is 1.33 bits per heavy atom. The monoisotopic (exact) mass is 341 g/mol. The summed E-state index contributed by atoms with van der Waals surface area (Å²) in [7, 11) is 11.4. The van der Waals surface area contributed by atoms with E-state index in [-0.39, 0.29) is 0 Å². The van der Waals surface area contributed by atoms with Gasteiger partial charge in [0.25, 0.3) is 0 Å². The maximum Gasteiger partial charge on any atom is 0.0783 e. The van der Waals surface area contributed by atoms with E-state index >= 15 is 0 Å². The second-order valence-electron chi connectivity index (χ2n) is 10.3. The Bertz CT molecular complexity index is 289. The van der Waals surface area contributed by atoms with E-state index in [2.05, 4.69) is 67.8 Å². The van der Waals surface area contributed by atoms with Gasteiger partial charge in [0.05, 0.1) is 27.7 Å². The third-order valence-corrected chi connectivity index (χ3v) is 5.05. The summed E-state index contributed by atoms with van der Waals surface area (Å²) in [6.07, 6.45) is 9.88. The topological polar surface area (TPSA) is 3.24 Å². The first-order valence-corrected chi connectivity index (χ1v) is 10.4. The molecule has 0 aromatic carbocycles. The fraction of sp³-hybridized carbons (Fsp3) is 1.00. The van der Waals surface area contributed by atoms with E-state index < -0.39 is 0 Å².